The lowest BCUT2D eigenvalue weighted by Crippen LogP contribution is -1.91. The first-order chi connectivity index (χ1) is 9.45. The highest BCUT2D eigenvalue weighted by Gasteiger charge is 2.12. The van der Waals surface area contributed by atoms with E-state index >= 15 is 0 Å². The van der Waals surface area contributed by atoms with Crippen molar-refractivity contribution in [3.8, 4) is 11.4 Å². The molecule has 2 aromatic carbocycles. The second-order valence-electron chi connectivity index (χ2n) is 5.48. The molecule has 1 aromatic heterocycles. The molecule has 0 fully saturated rings. The lowest BCUT2D eigenvalue weighted by atomic mass is 9.99. The first-order valence-corrected chi connectivity index (χ1v) is 7.49. The molecule has 1 heterocycles. The predicted molar refractivity (Wildman–Crippen MR) is 88.2 cm³/mol. The van der Waals surface area contributed by atoms with Gasteiger partial charge in [0.05, 0.1) is 11.0 Å². The Morgan fingerprint density at radius 3 is 2.20 bits per heavy atom. The van der Waals surface area contributed by atoms with E-state index in [-0.39, 0.29) is 0 Å². The van der Waals surface area contributed by atoms with Gasteiger partial charge in [0.15, 0.2) is 0 Å². The van der Waals surface area contributed by atoms with Crippen LogP contribution < -0.4 is 0 Å². The van der Waals surface area contributed by atoms with Gasteiger partial charge in [-0.15, -0.1) is 0 Å². The van der Waals surface area contributed by atoms with Gasteiger partial charge in [-0.2, -0.15) is 0 Å². The minimum Gasteiger partial charge on any atom is -0.338 e. The van der Waals surface area contributed by atoms with Gasteiger partial charge in [-0.1, -0.05) is 33.6 Å². The molecule has 0 unspecified atom stereocenters. The van der Waals surface area contributed by atoms with E-state index in [1.54, 1.807) is 0 Å². The summed E-state index contributed by atoms with van der Waals surface area (Å²) in [7, 11) is 0. The molecule has 0 amide bonds. The smallest absolute Gasteiger partial charge is 0.139 e. The number of nitrogens with zero attached hydrogens (tertiary/aromatic N) is 1. The number of benzene rings is 2. The zero-order chi connectivity index (χ0) is 14.4. The Morgan fingerprint density at radius 2 is 1.55 bits per heavy atom. The molecule has 3 heteroatoms. The topological polar surface area (TPSA) is 28.7 Å². The molecule has 0 aliphatic rings. The summed E-state index contributed by atoms with van der Waals surface area (Å²) in [6, 6.07) is 8.59. The maximum absolute atomic E-state index is 4.80. The Kier molecular flexibility index (Phi) is 3.17. The molecule has 0 spiro atoms. The molecule has 0 saturated carbocycles. The van der Waals surface area contributed by atoms with Crippen LogP contribution in [0.25, 0.3) is 22.4 Å². The minimum atomic E-state index is 0.955. The first-order valence-electron chi connectivity index (χ1n) is 6.70. The molecule has 0 aliphatic heterocycles. The fourth-order valence-corrected chi connectivity index (χ4v) is 3.49. The number of hydrogen-bond donors (Lipinski definition) is 1. The molecule has 0 aliphatic carbocycles. The third kappa shape index (κ3) is 2.16. The van der Waals surface area contributed by atoms with E-state index in [1.807, 2.05) is 0 Å². The van der Waals surface area contributed by atoms with Crippen molar-refractivity contribution in [2.75, 3.05) is 0 Å². The lowest BCUT2D eigenvalue weighted by molar-refractivity contribution is 1.25. The van der Waals surface area contributed by atoms with Gasteiger partial charge in [0.1, 0.15) is 5.82 Å². The normalized spacial score (nSPS) is 11.2. The summed E-state index contributed by atoms with van der Waals surface area (Å²) in [5, 5.41) is 0. The largest absolute Gasteiger partial charge is 0.338 e. The molecular formula is C17H17BrN2. The van der Waals surface area contributed by atoms with Crippen LogP contribution in [-0.2, 0) is 0 Å². The van der Waals surface area contributed by atoms with Crippen LogP contribution in [0.1, 0.15) is 22.3 Å². The summed E-state index contributed by atoms with van der Waals surface area (Å²) in [4.78, 5) is 8.25. The van der Waals surface area contributed by atoms with E-state index in [0.717, 1.165) is 21.3 Å². The number of aromatic amines is 1. The first kappa shape index (κ1) is 13.4. The Bertz CT molecular complexity index is 792. The number of fused-ring (bicyclic) bond motifs is 1. The standard InChI is InChI=1S/C17H17BrN2/c1-9-5-10(2)15(11(3)6-9)17-19-14-8-13(18)7-12(4)16(14)20-17/h5-8H,1-4H3,(H,19,20). The number of halogens is 1. The van der Waals surface area contributed by atoms with Crippen molar-refractivity contribution in [2.24, 2.45) is 0 Å². The van der Waals surface area contributed by atoms with E-state index < -0.39 is 0 Å². The highest BCUT2D eigenvalue weighted by molar-refractivity contribution is 9.10. The Hall–Kier alpha value is -1.61. The lowest BCUT2D eigenvalue weighted by Gasteiger charge is -2.08. The maximum atomic E-state index is 4.80. The number of aromatic nitrogens is 2. The third-order valence-electron chi connectivity index (χ3n) is 3.66. The maximum Gasteiger partial charge on any atom is 0.139 e. The summed E-state index contributed by atoms with van der Waals surface area (Å²) in [6.45, 7) is 8.51. The van der Waals surface area contributed by atoms with Crippen molar-refractivity contribution in [1.29, 1.82) is 0 Å². The van der Waals surface area contributed by atoms with Crippen molar-refractivity contribution in [3.05, 3.63) is 51.0 Å². The van der Waals surface area contributed by atoms with E-state index in [9.17, 15) is 0 Å². The summed E-state index contributed by atoms with van der Waals surface area (Å²) >= 11 is 3.54. The van der Waals surface area contributed by atoms with Gasteiger partial charge < -0.3 is 4.98 Å². The van der Waals surface area contributed by atoms with Gasteiger partial charge in [-0.25, -0.2) is 4.98 Å². The number of rotatable bonds is 1. The third-order valence-corrected chi connectivity index (χ3v) is 4.11. The highest BCUT2D eigenvalue weighted by Crippen LogP contribution is 2.30. The number of imidazole rings is 1. The van der Waals surface area contributed by atoms with E-state index in [2.05, 4.69) is 72.9 Å². The van der Waals surface area contributed by atoms with Crippen molar-refractivity contribution in [3.63, 3.8) is 0 Å². The van der Waals surface area contributed by atoms with Crippen LogP contribution in [0.5, 0.6) is 0 Å². The van der Waals surface area contributed by atoms with Crippen LogP contribution in [0.3, 0.4) is 0 Å². The number of nitrogens with one attached hydrogen (secondary N) is 1. The van der Waals surface area contributed by atoms with Gasteiger partial charge in [0, 0.05) is 10.0 Å². The molecule has 0 radical (unpaired) electrons. The number of aryl methyl sites for hydroxylation is 4. The van der Waals surface area contributed by atoms with Gasteiger partial charge in [-0.05, 0) is 56.5 Å². The summed E-state index contributed by atoms with van der Waals surface area (Å²) < 4.78 is 1.08. The predicted octanol–water partition coefficient (Wildman–Crippen LogP) is 5.23. The monoisotopic (exact) mass is 328 g/mol. The molecule has 0 bridgehead atoms. The molecule has 20 heavy (non-hydrogen) atoms. The molecule has 0 saturated heterocycles. The minimum absolute atomic E-state index is 0.955. The molecule has 3 aromatic rings. The SMILES string of the molecule is Cc1cc(C)c(-c2nc3c(C)cc(Br)cc3[nH]2)c(C)c1. The zero-order valence-electron chi connectivity index (χ0n) is 12.1. The number of hydrogen-bond acceptors (Lipinski definition) is 1. The average Bonchev–Trinajstić information content (AvgIpc) is 2.71. The van der Waals surface area contributed by atoms with Crippen molar-refractivity contribution >= 4 is 27.0 Å². The van der Waals surface area contributed by atoms with Crippen LogP contribution >= 0.6 is 15.9 Å². The molecular weight excluding hydrogens is 312 g/mol. The average molecular weight is 329 g/mol. The van der Waals surface area contributed by atoms with E-state index in [4.69, 9.17) is 4.98 Å². The van der Waals surface area contributed by atoms with Crippen molar-refractivity contribution in [2.45, 2.75) is 27.7 Å². The van der Waals surface area contributed by atoms with Crippen LogP contribution in [-0.4, -0.2) is 9.97 Å². The van der Waals surface area contributed by atoms with Crippen LogP contribution in [0, 0.1) is 27.7 Å². The second-order valence-corrected chi connectivity index (χ2v) is 6.39. The summed E-state index contributed by atoms with van der Waals surface area (Å²) in [5.41, 5.74) is 8.32. The Morgan fingerprint density at radius 1 is 0.900 bits per heavy atom. The second kappa shape index (κ2) is 4.74. The molecule has 3 rings (SSSR count). The number of H-pyrrole nitrogens is 1. The van der Waals surface area contributed by atoms with E-state index in [0.29, 0.717) is 0 Å². The molecule has 2 nitrogen and oxygen atoms in total. The van der Waals surface area contributed by atoms with E-state index in [1.165, 1.54) is 27.8 Å². The molecule has 0 atom stereocenters. The highest BCUT2D eigenvalue weighted by atomic mass is 79.9. The van der Waals surface area contributed by atoms with Gasteiger partial charge in [0.25, 0.3) is 0 Å². The molecule has 102 valence electrons. The summed E-state index contributed by atoms with van der Waals surface area (Å²) in [6.07, 6.45) is 0. The van der Waals surface area contributed by atoms with Gasteiger partial charge in [0.2, 0.25) is 0 Å². The van der Waals surface area contributed by atoms with Crippen molar-refractivity contribution < 1.29 is 0 Å². The molecule has 1 N–H and O–H groups in total. The summed E-state index contributed by atoms with van der Waals surface area (Å²) in [5.74, 6) is 0.955. The fraction of sp³-hybridized carbons (Fsp3) is 0.235. The van der Waals surface area contributed by atoms with Crippen LogP contribution in [0.2, 0.25) is 0 Å². The quantitative estimate of drug-likeness (QED) is 0.651. The van der Waals surface area contributed by atoms with Crippen LogP contribution in [0.4, 0.5) is 0 Å². The van der Waals surface area contributed by atoms with Gasteiger partial charge in [-0.3, -0.25) is 0 Å². The Balaban J connectivity index is 2.28. The fourth-order valence-electron chi connectivity index (χ4n) is 2.92. The zero-order valence-corrected chi connectivity index (χ0v) is 13.7. The van der Waals surface area contributed by atoms with Gasteiger partial charge >= 0.3 is 0 Å². The van der Waals surface area contributed by atoms with Crippen molar-refractivity contribution in [1.82, 2.24) is 9.97 Å². The Labute approximate surface area is 127 Å². The van der Waals surface area contributed by atoms with Crippen LogP contribution in [0.15, 0.2) is 28.7 Å².